The van der Waals surface area contributed by atoms with Crippen LogP contribution in [0.2, 0.25) is 0 Å². The summed E-state index contributed by atoms with van der Waals surface area (Å²) >= 11 is 0. The van der Waals surface area contributed by atoms with Crippen LogP contribution in [0.1, 0.15) is 12.5 Å². The number of hydrogen-bond donors (Lipinski definition) is 0. The fourth-order valence-electron chi connectivity index (χ4n) is 1.68. The molecule has 1 aliphatic rings. The molecule has 1 heterocycles. The van der Waals surface area contributed by atoms with Gasteiger partial charge in [-0.1, -0.05) is 17.7 Å². The van der Waals surface area contributed by atoms with E-state index in [0.717, 1.165) is 5.56 Å². The quantitative estimate of drug-likeness (QED) is 0.785. The van der Waals surface area contributed by atoms with Crippen molar-refractivity contribution in [2.75, 3.05) is 13.3 Å². The molecule has 0 aliphatic carbocycles. The highest BCUT2D eigenvalue weighted by molar-refractivity contribution is 7.89. The van der Waals surface area contributed by atoms with Crippen LogP contribution in [0.5, 0.6) is 0 Å². The molecule has 0 spiro atoms. The minimum Gasteiger partial charge on any atom is -0.363 e. The molecule has 0 saturated carbocycles. The highest BCUT2D eigenvalue weighted by Gasteiger charge is 2.33. The maximum Gasteiger partial charge on any atom is 0.245 e. The number of aryl methyl sites for hydroxylation is 1. The summed E-state index contributed by atoms with van der Waals surface area (Å²) in [5.74, 6) is 0. The van der Waals surface area contributed by atoms with Gasteiger partial charge in [-0.25, -0.2) is 8.42 Å². The number of ether oxygens (including phenoxy) is 1. The van der Waals surface area contributed by atoms with Crippen LogP contribution in [0, 0.1) is 6.92 Å². The van der Waals surface area contributed by atoms with E-state index < -0.39 is 10.0 Å². The standard InChI is InChI=1S/C11H15NO3S/c1-9-3-5-11(6-4-9)16(13,14)12-8-15-7-10(12)2/h3-6,10H,7-8H2,1-2H3/t10-/m0/s1. The first kappa shape index (κ1) is 11.6. The lowest BCUT2D eigenvalue weighted by Crippen LogP contribution is -2.34. The zero-order chi connectivity index (χ0) is 11.8. The van der Waals surface area contributed by atoms with Gasteiger partial charge in [0.2, 0.25) is 10.0 Å². The second kappa shape index (κ2) is 4.16. The summed E-state index contributed by atoms with van der Waals surface area (Å²) in [5.41, 5.74) is 1.05. The monoisotopic (exact) mass is 241 g/mol. The third-order valence-corrected chi connectivity index (χ3v) is 4.65. The molecular formula is C11H15NO3S. The van der Waals surface area contributed by atoms with Crippen LogP contribution < -0.4 is 0 Å². The Bertz CT molecular complexity index is 467. The molecule has 0 bridgehead atoms. The highest BCUT2D eigenvalue weighted by Crippen LogP contribution is 2.21. The molecular weight excluding hydrogens is 226 g/mol. The zero-order valence-corrected chi connectivity index (χ0v) is 10.2. The van der Waals surface area contributed by atoms with Crippen LogP contribution in [0.3, 0.4) is 0 Å². The normalized spacial score (nSPS) is 22.5. The van der Waals surface area contributed by atoms with Crippen LogP contribution in [-0.2, 0) is 14.8 Å². The van der Waals surface area contributed by atoms with E-state index in [-0.39, 0.29) is 12.8 Å². The second-order valence-electron chi connectivity index (χ2n) is 4.05. The lowest BCUT2D eigenvalue weighted by molar-refractivity contribution is 0.172. The molecule has 5 heteroatoms. The largest absolute Gasteiger partial charge is 0.363 e. The molecule has 2 rings (SSSR count). The summed E-state index contributed by atoms with van der Waals surface area (Å²) in [7, 11) is -3.40. The Morgan fingerprint density at radius 3 is 2.44 bits per heavy atom. The van der Waals surface area contributed by atoms with Gasteiger partial charge in [0, 0.05) is 6.04 Å². The van der Waals surface area contributed by atoms with Gasteiger partial charge < -0.3 is 4.74 Å². The van der Waals surface area contributed by atoms with Crippen molar-refractivity contribution in [1.82, 2.24) is 4.31 Å². The molecule has 88 valence electrons. The summed E-state index contributed by atoms with van der Waals surface area (Å²) in [6.07, 6.45) is 0. The van der Waals surface area contributed by atoms with Crippen LogP contribution >= 0.6 is 0 Å². The molecule has 1 aromatic rings. The second-order valence-corrected chi connectivity index (χ2v) is 5.94. The van der Waals surface area contributed by atoms with Crippen molar-refractivity contribution in [3.05, 3.63) is 29.8 Å². The SMILES string of the molecule is Cc1ccc(S(=O)(=O)N2COC[C@@H]2C)cc1. The Morgan fingerprint density at radius 2 is 1.94 bits per heavy atom. The van der Waals surface area contributed by atoms with Gasteiger partial charge in [0.05, 0.1) is 11.5 Å². The molecule has 16 heavy (non-hydrogen) atoms. The number of rotatable bonds is 2. The molecule has 0 radical (unpaired) electrons. The van der Waals surface area contributed by atoms with Gasteiger partial charge in [-0.05, 0) is 26.0 Å². The Kier molecular flexibility index (Phi) is 3.01. The molecule has 4 nitrogen and oxygen atoms in total. The van der Waals surface area contributed by atoms with E-state index in [1.807, 2.05) is 13.8 Å². The Hall–Kier alpha value is -0.910. The molecule has 1 atom stereocenters. The number of nitrogens with zero attached hydrogens (tertiary/aromatic N) is 1. The summed E-state index contributed by atoms with van der Waals surface area (Å²) < 4.78 is 30.9. The van der Waals surface area contributed by atoms with E-state index >= 15 is 0 Å². The van der Waals surface area contributed by atoms with Gasteiger partial charge in [0.1, 0.15) is 6.73 Å². The Balaban J connectivity index is 2.35. The summed E-state index contributed by atoms with van der Waals surface area (Å²) in [4.78, 5) is 0.329. The molecule has 0 aromatic heterocycles. The molecule has 1 aliphatic heterocycles. The molecule has 0 unspecified atom stereocenters. The van der Waals surface area contributed by atoms with Crippen LogP contribution in [0.15, 0.2) is 29.2 Å². The summed E-state index contributed by atoms with van der Waals surface area (Å²) in [6, 6.07) is 6.78. The Morgan fingerprint density at radius 1 is 1.31 bits per heavy atom. The topological polar surface area (TPSA) is 46.6 Å². The van der Waals surface area contributed by atoms with Crippen molar-refractivity contribution in [3.8, 4) is 0 Å². The molecule has 1 aromatic carbocycles. The lowest BCUT2D eigenvalue weighted by atomic mass is 10.2. The maximum absolute atomic E-state index is 12.2. The first-order chi connectivity index (χ1) is 7.51. The molecule has 0 amide bonds. The minimum absolute atomic E-state index is 0.0914. The number of benzene rings is 1. The fraction of sp³-hybridized carbons (Fsp3) is 0.455. The third kappa shape index (κ3) is 1.98. The van der Waals surface area contributed by atoms with E-state index in [1.54, 1.807) is 24.3 Å². The van der Waals surface area contributed by atoms with Gasteiger partial charge in [-0.15, -0.1) is 0 Å². The third-order valence-electron chi connectivity index (χ3n) is 2.70. The lowest BCUT2D eigenvalue weighted by Gasteiger charge is -2.18. The van der Waals surface area contributed by atoms with Crippen molar-refractivity contribution < 1.29 is 13.2 Å². The molecule has 0 N–H and O–H groups in total. The van der Waals surface area contributed by atoms with Gasteiger partial charge in [-0.2, -0.15) is 4.31 Å². The van der Waals surface area contributed by atoms with Crippen LogP contribution in [0.4, 0.5) is 0 Å². The number of sulfonamides is 1. The van der Waals surface area contributed by atoms with Crippen molar-refractivity contribution in [2.24, 2.45) is 0 Å². The average molecular weight is 241 g/mol. The first-order valence-corrected chi connectivity index (χ1v) is 6.62. The smallest absolute Gasteiger partial charge is 0.245 e. The van der Waals surface area contributed by atoms with E-state index in [0.29, 0.717) is 11.5 Å². The van der Waals surface area contributed by atoms with E-state index in [9.17, 15) is 8.42 Å². The zero-order valence-electron chi connectivity index (χ0n) is 9.38. The average Bonchev–Trinajstić information content (AvgIpc) is 2.66. The van der Waals surface area contributed by atoms with E-state index in [1.165, 1.54) is 4.31 Å². The highest BCUT2D eigenvalue weighted by atomic mass is 32.2. The van der Waals surface area contributed by atoms with Gasteiger partial charge in [0.15, 0.2) is 0 Å². The van der Waals surface area contributed by atoms with E-state index in [2.05, 4.69) is 0 Å². The summed E-state index contributed by atoms with van der Waals surface area (Å²) in [6.45, 7) is 4.39. The molecule has 1 fully saturated rings. The van der Waals surface area contributed by atoms with Crippen molar-refractivity contribution >= 4 is 10.0 Å². The predicted octanol–water partition coefficient (Wildman–Crippen LogP) is 1.36. The minimum atomic E-state index is -3.40. The van der Waals surface area contributed by atoms with Gasteiger partial charge in [-0.3, -0.25) is 0 Å². The van der Waals surface area contributed by atoms with Crippen molar-refractivity contribution in [3.63, 3.8) is 0 Å². The van der Waals surface area contributed by atoms with E-state index in [4.69, 9.17) is 4.74 Å². The summed E-state index contributed by atoms with van der Waals surface area (Å²) in [5, 5.41) is 0. The fourth-order valence-corrected chi connectivity index (χ4v) is 3.17. The van der Waals surface area contributed by atoms with Crippen molar-refractivity contribution in [2.45, 2.75) is 24.8 Å². The van der Waals surface area contributed by atoms with Crippen LogP contribution in [-0.4, -0.2) is 32.1 Å². The van der Waals surface area contributed by atoms with Gasteiger partial charge >= 0.3 is 0 Å². The Labute approximate surface area is 95.9 Å². The van der Waals surface area contributed by atoms with Crippen LogP contribution in [0.25, 0.3) is 0 Å². The number of hydrogen-bond acceptors (Lipinski definition) is 3. The first-order valence-electron chi connectivity index (χ1n) is 5.18. The van der Waals surface area contributed by atoms with Crippen molar-refractivity contribution in [1.29, 1.82) is 0 Å². The maximum atomic E-state index is 12.2. The van der Waals surface area contributed by atoms with Gasteiger partial charge in [0.25, 0.3) is 0 Å². The predicted molar refractivity (Wildman–Crippen MR) is 60.5 cm³/mol. The molecule has 1 saturated heterocycles.